The molecular formula is C55H96O6. The van der Waals surface area contributed by atoms with Gasteiger partial charge in [-0.3, -0.25) is 14.4 Å². The highest BCUT2D eigenvalue weighted by molar-refractivity contribution is 5.71. The van der Waals surface area contributed by atoms with Crippen LogP contribution in [0.15, 0.2) is 60.8 Å². The second-order valence-corrected chi connectivity index (χ2v) is 17.1. The van der Waals surface area contributed by atoms with Gasteiger partial charge in [-0.15, -0.1) is 0 Å². The minimum atomic E-state index is -0.786. The van der Waals surface area contributed by atoms with E-state index in [-0.39, 0.29) is 31.1 Å². The number of esters is 3. The van der Waals surface area contributed by atoms with Gasteiger partial charge in [0.1, 0.15) is 13.2 Å². The summed E-state index contributed by atoms with van der Waals surface area (Å²) >= 11 is 0. The molecular weight excluding hydrogens is 757 g/mol. The molecule has 0 spiro atoms. The van der Waals surface area contributed by atoms with Gasteiger partial charge in [0, 0.05) is 19.3 Å². The highest BCUT2D eigenvalue weighted by Gasteiger charge is 2.19. The van der Waals surface area contributed by atoms with Crippen LogP contribution in [0, 0.1) is 0 Å². The molecule has 0 amide bonds. The summed E-state index contributed by atoms with van der Waals surface area (Å²) in [6.45, 7) is 6.48. The van der Waals surface area contributed by atoms with E-state index in [2.05, 4.69) is 81.5 Å². The van der Waals surface area contributed by atoms with E-state index in [1.807, 2.05) is 0 Å². The van der Waals surface area contributed by atoms with E-state index >= 15 is 0 Å². The molecule has 0 fully saturated rings. The molecule has 0 aliphatic carbocycles. The largest absolute Gasteiger partial charge is 0.462 e. The Kier molecular flexibility index (Phi) is 47.4. The number of hydrogen-bond donors (Lipinski definition) is 0. The van der Waals surface area contributed by atoms with Crippen LogP contribution in [-0.2, 0) is 28.6 Å². The van der Waals surface area contributed by atoms with E-state index in [4.69, 9.17) is 14.2 Å². The standard InChI is InChI=1S/C55H96O6/c1-4-7-10-13-16-19-22-25-27-30-33-36-39-42-45-48-54(57)60-51-52(50-59-53(56)47-44-41-38-35-32-29-24-21-18-15-12-9-6-3)61-55(58)49-46-43-40-37-34-31-28-26-23-20-17-14-11-8-5-2/h8,11,16-17,19-20,25-28,52H,4-7,9-10,12-15,18,21-24,29-51H2,1-3H3/b11-8-,19-16-,20-17-,27-25-,28-26-. The molecule has 61 heavy (non-hydrogen) atoms. The maximum Gasteiger partial charge on any atom is 0.306 e. The van der Waals surface area contributed by atoms with Gasteiger partial charge in [-0.1, -0.05) is 210 Å². The Morgan fingerprint density at radius 3 is 1.03 bits per heavy atom. The highest BCUT2D eigenvalue weighted by Crippen LogP contribution is 2.15. The zero-order valence-corrected chi connectivity index (χ0v) is 40.2. The van der Waals surface area contributed by atoms with Crippen molar-refractivity contribution >= 4 is 17.9 Å². The average Bonchev–Trinajstić information content (AvgIpc) is 3.26. The molecule has 6 heteroatoms. The monoisotopic (exact) mass is 853 g/mol. The van der Waals surface area contributed by atoms with Crippen LogP contribution in [0.1, 0.15) is 252 Å². The molecule has 0 N–H and O–H groups in total. The average molecular weight is 853 g/mol. The van der Waals surface area contributed by atoms with Gasteiger partial charge in [-0.05, 0) is 83.5 Å². The molecule has 0 saturated carbocycles. The lowest BCUT2D eigenvalue weighted by Crippen LogP contribution is -2.30. The number of allylic oxidation sites excluding steroid dienone is 10. The van der Waals surface area contributed by atoms with Gasteiger partial charge in [0.15, 0.2) is 6.10 Å². The van der Waals surface area contributed by atoms with Gasteiger partial charge in [0.2, 0.25) is 0 Å². The van der Waals surface area contributed by atoms with Gasteiger partial charge >= 0.3 is 17.9 Å². The van der Waals surface area contributed by atoms with Gasteiger partial charge in [-0.25, -0.2) is 0 Å². The lowest BCUT2D eigenvalue weighted by molar-refractivity contribution is -0.167. The van der Waals surface area contributed by atoms with Crippen LogP contribution in [0.4, 0.5) is 0 Å². The summed E-state index contributed by atoms with van der Waals surface area (Å²) in [6.07, 6.45) is 60.5. The van der Waals surface area contributed by atoms with Gasteiger partial charge in [-0.2, -0.15) is 0 Å². The van der Waals surface area contributed by atoms with Crippen LogP contribution >= 0.6 is 0 Å². The Morgan fingerprint density at radius 2 is 0.639 bits per heavy atom. The molecule has 1 unspecified atom stereocenters. The molecule has 0 rings (SSSR count). The first-order chi connectivity index (χ1) is 30.0. The molecule has 1 atom stereocenters. The van der Waals surface area contributed by atoms with Crippen LogP contribution in [-0.4, -0.2) is 37.2 Å². The number of rotatable bonds is 46. The first-order valence-corrected chi connectivity index (χ1v) is 25.8. The van der Waals surface area contributed by atoms with Gasteiger partial charge in [0.05, 0.1) is 0 Å². The first-order valence-electron chi connectivity index (χ1n) is 25.8. The van der Waals surface area contributed by atoms with Gasteiger partial charge in [0.25, 0.3) is 0 Å². The van der Waals surface area contributed by atoms with E-state index in [1.54, 1.807) is 0 Å². The zero-order chi connectivity index (χ0) is 44.4. The van der Waals surface area contributed by atoms with E-state index < -0.39 is 6.10 Å². The van der Waals surface area contributed by atoms with Crippen LogP contribution in [0.25, 0.3) is 0 Å². The summed E-state index contributed by atoms with van der Waals surface area (Å²) in [7, 11) is 0. The molecule has 352 valence electrons. The smallest absolute Gasteiger partial charge is 0.306 e. The molecule has 0 aromatic heterocycles. The van der Waals surface area contributed by atoms with Crippen LogP contribution < -0.4 is 0 Å². The van der Waals surface area contributed by atoms with Crippen molar-refractivity contribution in [2.45, 2.75) is 258 Å². The van der Waals surface area contributed by atoms with Crippen molar-refractivity contribution in [2.24, 2.45) is 0 Å². The second-order valence-electron chi connectivity index (χ2n) is 17.1. The molecule has 0 aromatic rings. The van der Waals surface area contributed by atoms with Crippen molar-refractivity contribution in [1.29, 1.82) is 0 Å². The summed E-state index contributed by atoms with van der Waals surface area (Å²) in [5, 5.41) is 0. The van der Waals surface area contributed by atoms with Crippen LogP contribution in [0.3, 0.4) is 0 Å². The van der Waals surface area contributed by atoms with E-state index in [0.29, 0.717) is 19.3 Å². The second kappa shape index (κ2) is 49.8. The van der Waals surface area contributed by atoms with Crippen LogP contribution in [0.5, 0.6) is 0 Å². The summed E-state index contributed by atoms with van der Waals surface area (Å²) in [5.41, 5.74) is 0. The molecule has 6 nitrogen and oxygen atoms in total. The summed E-state index contributed by atoms with van der Waals surface area (Å²) < 4.78 is 16.8. The maximum absolute atomic E-state index is 12.8. The van der Waals surface area contributed by atoms with Crippen molar-refractivity contribution in [3.8, 4) is 0 Å². The number of unbranched alkanes of at least 4 members (excludes halogenated alkanes) is 25. The molecule has 0 aliphatic rings. The van der Waals surface area contributed by atoms with Crippen molar-refractivity contribution in [1.82, 2.24) is 0 Å². The third kappa shape index (κ3) is 48.0. The summed E-state index contributed by atoms with van der Waals surface area (Å²) in [6, 6.07) is 0. The lowest BCUT2D eigenvalue weighted by atomic mass is 10.0. The van der Waals surface area contributed by atoms with Crippen molar-refractivity contribution in [3.63, 3.8) is 0 Å². The minimum Gasteiger partial charge on any atom is -0.462 e. The Labute approximate surface area is 377 Å². The molecule has 0 bridgehead atoms. The Morgan fingerprint density at radius 1 is 0.344 bits per heavy atom. The summed E-state index contributed by atoms with van der Waals surface area (Å²) in [4.78, 5) is 38.0. The van der Waals surface area contributed by atoms with Crippen molar-refractivity contribution in [2.75, 3.05) is 13.2 Å². The maximum atomic E-state index is 12.8. The fourth-order valence-corrected chi connectivity index (χ4v) is 7.13. The fourth-order valence-electron chi connectivity index (χ4n) is 7.13. The fraction of sp³-hybridized carbons (Fsp3) is 0.764. The molecule has 0 radical (unpaired) electrons. The minimum absolute atomic E-state index is 0.0841. The molecule has 0 heterocycles. The zero-order valence-electron chi connectivity index (χ0n) is 40.2. The lowest BCUT2D eigenvalue weighted by Gasteiger charge is -2.18. The first kappa shape index (κ1) is 58.1. The van der Waals surface area contributed by atoms with E-state index in [9.17, 15) is 14.4 Å². The SMILES string of the molecule is CC/C=C\C/C=C\C/C=C\CCCCCCCC(=O)OC(COC(=O)CCCCCCC/C=C\C/C=C\CCCCC)COC(=O)CCCCCCCCCCCCCCC. The van der Waals surface area contributed by atoms with Crippen molar-refractivity contribution < 1.29 is 28.6 Å². The van der Waals surface area contributed by atoms with E-state index in [1.165, 1.54) is 96.3 Å². The topological polar surface area (TPSA) is 78.9 Å². The predicted octanol–water partition coefficient (Wildman–Crippen LogP) is 16.9. The summed E-state index contributed by atoms with van der Waals surface area (Å²) in [5.74, 6) is -0.911. The third-order valence-electron chi connectivity index (χ3n) is 11.0. The van der Waals surface area contributed by atoms with Gasteiger partial charge < -0.3 is 14.2 Å². The Balaban J connectivity index is 4.42. The molecule has 0 saturated heterocycles. The molecule has 0 aliphatic heterocycles. The molecule has 0 aromatic carbocycles. The van der Waals surface area contributed by atoms with Crippen molar-refractivity contribution in [3.05, 3.63) is 60.8 Å². The Hall–Kier alpha value is -2.89. The van der Waals surface area contributed by atoms with Crippen LogP contribution in [0.2, 0.25) is 0 Å². The third-order valence-corrected chi connectivity index (χ3v) is 11.0. The number of hydrogen-bond acceptors (Lipinski definition) is 6. The highest BCUT2D eigenvalue weighted by atomic mass is 16.6. The number of carbonyl (C=O) groups excluding carboxylic acids is 3. The predicted molar refractivity (Wildman–Crippen MR) is 261 cm³/mol. The number of ether oxygens (including phenoxy) is 3. The normalized spacial score (nSPS) is 12.5. The van der Waals surface area contributed by atoms with E-state index in [0.717, 1.165) is 116 Å². The number of carbonyl (C=O) groups is 3. The quantitative estimate of drug-likeness (QED) is 0.0263. The Bertz CT molecular complexity index is 1120.